The average Bonchev–Trinajstić information content (AvgIpc) is 2.54. The fourth-order valence-corrected chi connectivity index (χ4v) is 2.45. The molecule has 0 spiro atoms. The minimum absolute atomic E-state index is 0.152. The van der Waals surface area contributed by atoms with Gasteiger partial charge in [0.1, 0.15) is 11.6 Å². The number of para-hydroxylation sites is 1. The fourth-order valence-electron chi connectivity index (χ4n) is 2.45. The third-order valence-corrected chi connectivity index (χ3v) is 3.63. The highest BCUT2D eigenvalue weighted by Crippen LogP contribution is 2.21. The Kier molecular flexibility index (Phi) is 5.71. The first-order chi connectivity index (χ1) is 11.1. The lowest BCUT2D eigenvalue weighted by molar-refractivity contribution is 0.0706. The van der Waals surface area contributed by atoms with Crippen LogP contribution < -0.4 is 4.74 Å². The number of nitrogens with zero attached hydrogens (tertiary/aromatic N) is 1. The van der Waals surface area contributed by atoms with Gasteiger partial charge in [0.2, 0.25) is 0 Å². The van der Waals surface area contributed by atoms with Gasteiger partial charge in [-0.15, -0.1) is 0 Å². The normalized spacial score (nSPS) is 10.4. The van der Waals surface area contributed by atoms with Crippen LogP contribution in [-0.2, 0) is 6.54 Å². The van der Waals surface area contributed by atoms with Crippen molar-refractivity contribution in [1.29, 1.82) is 0 Å². The summed E-state index contributed by atoms with van der Waals surface area (Å²) in [6.07, 6.45) is 0. The number of rotatable bonds is 6. The van der Waals surface area contributed by atoms with Gasteiger partial charge in [-0.05, 0) is 36.8 Å². The molecule has 122 valence electrons. The Morgan fingerprint density at radius 2 is 2.00 bits per heavy atom. The zero-order valence-corrected chi connectivity index (χ0v) is 13.3. The molecule has 0 bridgehead atoms. The number of carbonyl (C=O) groups excluding carboxylic acids is 1. The first-order valence-corrected chi connectivity index (χ1v) is 7.35. The predicted molar refractivity (Wildman–Crippen MR) is 86.0 cm³/mol. The highest BCUT2D eigenvalue weighted by molar-refractivity contribution is 5.95. The Labute approximate surface area is 135 Å². The molecule has 0 atom stereocenters. The molecule has 0 heterocycles. The lowest BCUT2D eigenvalue weighted by atomic mass is 10.1. The number of aryl methyl sites for hydroxylation is 1. The molecule has 0 aromatic heterocycles. The van der Waals surface area contributed by atoms with Gasteiger partial charge in [-0.3, -0.25) is 4.79 Å². The molecular weight excluding hydrogens is 297 g/mol. The van der Waals surface area contributed by atoms with E-state index in [1.54, 1.807) is 14.0 Å². The second-order valence-corrected chi connectivity index (χ2v) is 5.22. The van der Waals surface area contributed by atoms with Gasteiger partial charge in [0.15, 0.2) is 0 Å². The molecule has 0 aliphatic heterocycles. The summed E-state index contributed by atoms with van der Waals surface area (Å²) in [6.45, 7) is 2.03. The number of aliphatic hydroxyl groups is 1. The third kappa shape index (κ3) is 4.07. The molecule has 2 aromatic rings. The summed E-state index contributed by atoms with van der Waals surface area (Å²) >= 11 is 0. The molecule has 0 aliphatic rings. The van der Waals surface area contributed by atoms with Crippen LogP contribution in [0.5, 0.6) is 5.75 Å². The molecule has 0 saturated heterocycles. The van der Waals surface area contributed by atoms with E-state index in [0.717, 1.165) is 5.56 Å². The molecule has 4 nitrogen and oxygen atoms in total. The number of methoxy groups -OCH3 is 1. The van der Waals surface area contributed by atoms with E-state index in [1.165, 1.54) is 23.1 Å². The van der Waals surface area contributed by atoms with Gasteiger partial charge < -0.3 is 14.7 Å². The first kappa shape index (κ1) is 17.0. The first-order valence-electron chi connectivity index (χ1n) is 7.35. The van der Waals surface area contributed by atoms with E-state index < -0.39 is 0 Å². The number of hydrogen-bond acceptors (Lipinski definition) is 3. The molecule has 0 saturated carbocycles. The molecule has 5 heteroatoms. The van der Waals surface area contributed by atoms with E-state index in [4.69, 9.17) is 4.74 Å². The summed E-state index contributed by atoms with van der Waals surface area (Å²) in [6, 6.07) is 11.5. The Morgan fingerprint density at radius 3 is 2.65 bits per heavy atom. The third-order valence-electron chi connectivity index (χ3n) is 3.63. The van der Waals surface area contributed by atoms with Crippen molar-refractivity contribution in [3.8, 4) is 5.75 Å². The molecule has 2 rings (SSSR count). The van der Waals surface area contributed by atoms with Gasteiger partial charge in [-0.25, -0.2) is 4.39 Å². The van der Waals surface area contributed by atoms with E-state index in [2.05, 4.69) is 0 Å². The molecule has 1 N–H and O–H groups in total. The summed E-state index contributed by atoms with van der Waals surface area (Å²) in [5.74, 6) is 0.0546. The van der Waals surface area contributed by atoms with Crippen molar-refractivity contribution in [1.82, 2.24) is 4.90 Å². The van der Waals surface area contributed by atoms with E-state index in [-0.39, 0.29) is 24.9 Å². The number of carbonyl (C=O) groups is 1. The number of halogens is 1. The van der Waals surface area contributed by atoms with Crippen LogP contribution in [0.4, 0.5) is 4.39 Å². The zero-order valence-electron chi connectivity index (χ0n) is 13.3. The monoisotopic (exact) mass is 317 g/mol. The summed E-state index contributed by atoms with van der Waals surface area (Å²) in [5, 5.41) is 9.27. The lowest BCUT2D eigenvalue weighted by Crippen LogP contribution is -2.33. The van der Waals surface area contributed by atoms with Gasteiger partial charge in [0, 0.05) is 24.2 Å². The topological polar surface area (TPSA) is 49.8 Å². The Hall–Kier alpha value is -2.40. The van der Waals surface area contributed by atoms with Crippen molar-refractivity contribution in [2.45, 2.75) is 13.5 Å². The highest BCUT2D eigenvalue weighted by atomic mass is 19.1. The number of benzene rings is 2. The van der Waals surface area contributed by atoms with Crippen LogP contribution >= 0.6 is 0 Å². The molecule has 0 aliphatic carbocycles. The minimum Gasteiger partial charge on any atom is -0.496 e. The van der Waals surface area contributed by atoms with Crippen LogP contribution in [0.2, 0.25) is 0 Å². The maximum absolute atomic E-state index is 13.2. The maximum Gasteiger partial charge on any atom is 0.254 e. The van der Waals surface area contributed by atoms with Gasteiger partial charge >= 0.3 is 0 Å². The Bertz CT molecular complexity index is 688. The molecule has 23 heavy (non-hydrogen) atoms. The van der Waals surface area contributed by atoms with Crippen molar-refractivity contribution < 1.29 is 19.0 Å². The number of ether oxygens (including phenoxy) is 1. The standard InChI is InChI=1S/C18H20FNO3/c1-13-11-15(19)7-8-16(13)18(22)20(9-10-21)12-14-5-3-4-6-17(14)23-2/h3-8,11,21H,9-10,12H2,1-2H3. The van der Waals surface area contributed by atoms with Crippen LogP contribution in [0.3, 0.4) is 0 Å². The van der Waals surface area contributed by atoms with Gasteiger partial charge in [0.05, 0.1) is 13.7 Å². The average molecular weight is 317 g/mol. The summed E-state index contributed by atoms with van der Waals surface area (Å²) in [5.41, 5.74) is 1.84. The molecule has 0 unspecified atom stereocenters. The minimum atomic E-state index is -0.377. The van der Waals surface area contributed by atoms with Crippen molar-refractivity contribution >= 4 is 5.91 Å². The zero-order chi connectivity index (χ0) is 16.8. The number of amides is 1. The second-order valence-electron chi connectivity index (χ2n) is 5.22. The predicted octanol–water partition coefficient (Wildman–Crippen LogP) is 2.78. The number of hydrogen-bond donors (Lipinski definition) is 1. The molecule has 0 fully saturated rings. The van der Waals surface area contributed by atoms with E-state index in [9.17, 15) is 14.3 Å². The quantitative estimate of drug-likeness (QED) is 0.891. The van der Waals surface area contributed by atoms with Gasteiger partial charge in [-0.1, -0.05) is 18.2 Å². The van der Waals surface area contributed by atoms with E-state index in [1.807, 2.05) is 24.3 Å². The van der Waals surface area contributed by atoms with Crippen LogP contribution in [-0.4, -0.2) is 36.2 Å². The van der Waals surface area contributed by atoms with Crippen molar-refractivity contribution in [3.63, 3.8) is 0 Å². The molecular formula is C18H20FNO3. The molecule has 2 aromatic carbocycles. The van der Waals surface area contributed by atoms with Gasteiger partial charge in [-0.2, -0.15) is 0 Å². The SMILES string of the molecule is COc1ccccc1CN(CCO)C(=O)c1ccc(F)cc1C. The molecule has 0 radical (unpaired) electrons. The smallest absolute Gasteiger partial charge is 0.254 e. The summed E-state index contributed by atoms with van der Waals surface area (Å²) in [4.78, 5) is 14.2. The van der Waals surface area contributed by atoms with Crippen LogP contribution in [0, 0.1) is 12.7 Å². The Balaban J connectivity index is 2.28. The largest absolute Gasteiger partial charge is 0.496 e. The fraction of sp³-hybridized carbons (Fsp3) is 0.278. The maximum atomic E-state index is 13.2. The Morgan fingerprint density at radius 1 is 1.26 bits per heavy atom. The van der Waals surface area contributed by atoms with Crippen LogP contribution in [0.25, 0.3) is 0 Å². The van der Waals surface area contributed by atoms with E-state index >= 15 is 0 Å². The van der Waals surface area contributed by atoms with Gasteiger partial charge in [0.25, 0.3) is 5.91 Å². The van der Waals surface area contributed by atoms with Crippen molar-refractivity contribution in [2.75, 3.05) is 20.3 Å². The van der Waals surface area contributed by atoms with Crippen molar-refractivity contribution in [2.24, 2.45) is 0 Å². The van der Waals surface area contributed by atoms with Crippen LogP contribution in [0.15, 0.2) is 42.5 Å². The summed E-state index contributed by atoms with van der Waals surface area (Å²) < 4.78 is 18.5. The lowest BCUT2D eigenvalue weighted by Gasteiger charge is -2.23. The van der Waals surface area contributed by atoms with E-state index in [0.29, 0.717) is 23.4 Å². The molecule has 1 amide bonds. The highest BCUT2D eigenvalue weighted by Gasteiger charge is 2.19. The number of aliphatic hydroxyl groups excluding tert-OH is 1. The summed E-state index contributed by atoms with van der Waals surface area (Å²) in [7, 11) is 1.57. The van der Waals surface area contributed by atoms with Crippen molar-refractivity contribution in [3.05, 3.63) is 65.0 Å². The van der Waals surface area contributed by atoms with Crippen LogP contribution in [0.1, 0.15) is 21.5 Å². The second kappa shape index (κ2) is 7.74.